The number of carbonyl (C=O) groups is 1. The summed E-state index contributed by atoms with van der Waals surface area (Å²) in [6.45, 7) is 6.47. The van der Waals surface area contributed by atoms with E-state index in [1.807, 2.05) is 6.92 Å². The number of benzene rings is 1. The maximum atomic E-state index is 12.6. The number of rotatable bonds is 10. The summed E-state index contributed by atoms with van der Waals surface area (Å²) < 4.78 is 11.0. The van der Waals surface area contributed by atoms with Gasteiger partial charge in [0, 0.05) is 12.8 Å². The molecule has 0 spiro atoms. The van der Waals surface area contributed by atoms with Crippen LogP contribution in [0.25, 0.3) is 0 Å². The van der Waals surface area contributed by atoms with Gasteiger partial charge in [-0.25, -0.2) is 0 Å². The van der Waals surface area contributed by atoms with Crippen LogP contribution in [0, 0.1) is 11.3 Å². The molecular formula is C19H28N2O3. The maximum Gasteiger partial charge on any atom is 0.256 e. The molecule has 0 fully saturated rings. The van der Waals surface area contributed by atoms with Crippen molar-refractivity contribution in [3.8, 4) is 11.8 Å². The summed E-state index contributed by atoms with van der Waals surface area (Å²) >= 11 is 0. The normalized spacial score (nSPS) is 13.0. The predicted octanol–water partition coefficient (Wildman–Crippen LogP) is 4.27. The van der Waals surface area contributed by atoms with Gasteiger partial charge < -0.3 is 14.8 Å². The van der Waals surface area contributed by atoms with Crippen LogP contribution < -0.4 is 10.1 Å². The molecule has 0 aliphatic rings. The molecule has 1 amide bonds. The average molecular weight is 332 g/mol. The van der Waals surface area contributed by atoms with E-state index in [0.717, 1.165) is 25.7 Å². The summed E-state index contributed by atoms with van der Waals surface area (Å²) in [4.78, 5) is 12.6. The first-order chi connectivity index (χ1) is 11.5. The predicted molar refractivity (Wildman–Crippen MR) is 95.1 cm³/mol. The minimum atomic E-state index is -0.876. The van der Waals surface area contributed by atoms with Crippen LogP contribution in [0.4, 0.5) is 5.69 Å². The second-order valence-electron chi connectivity index (χ2n) is 6.02. The number of hydrogen-bond acceptors (Lipinski definition) is 4. The first-order valence-corrected chi connectivity index (χ1v) is 8.54. The lowest BCUT2D eigenvalue weighted by atomic mass is 9.97. The number of amides is 1. The molecule has 1 atom stereocenters. The van der Waals surface area contributed by atoms with Crippen LogP contribution in [0.5, 0.6) is 5.75 Å². The molecule has 0 bridgehead atoms. The second-order valence-corrected chi connectivity index (χ2v) is 6.02. The molecule has 0 radical (unpaired) electrons. The van der Waals surface area contributed by atoms with Gasteiger partial charge in [0.25, 0.3) is 5.91 Å². The minimum Gasteiger partial charge on any atom is -0.492 e. The number of unbranched alkanes of at least 4 members (excludes halogenated alkanes) is 2. The van der Waals surface area contributed by atoms with Gasteiger partial charge in [0.2, 0.25) is 0 Å². The molecule has 0 saturated carbocycles. The number of carbonyl (C=O) groups excluding carboxylic acids is 1. The molecule has 24 heavy (non-hydrogen) atoms. The van der Waals surface area contributed by atoms with Gasteiger partial charge in [0.05, 0.1) is 12.2 Å². The third kappa shape index (κ3) is 5.54. The summed E-state index contributed by atoms with van der Waals surface area (Å²) in [6, 6.07) is 7.19. The van der Waals surface area contributed by atoms with Crippen LogP contribution in [0.2, 0.25) is 0 Å². The minimum absolute atomic E-state index is 0.202. The van der Waals surface area contributed by atoms with Gasteiger partial charge in [-0.1, -0.05) is 33.1 Å². The SMILES string of the molecule is CCCCCC(C)(OC)C(=O)Nc1ccc(OCCC)c(C#N)c1. The van der Waals surface area contributed by atoms with Crippen molar-refractivity contribution in [2.75, 3.05) is 19.0 Å². The molecule has 132 valence electrons. The van der Waals surface area contributed by atoms with E-state index < -0.39 is 5.60 Å². The summed E-state index contributed by atoms with van der Waals surface area (Å²) in [5.74, 6) is 0.335. The van der Waals surface area contributed by atoms with E-state index in [1.54, 1.807) is 32.2 Å². The first kappa shape index (κ1) is 20.0. The molecule has 1 N–H and O–H groups in total. The Morgan fingerprint density at radius 2 is 2.04 bits per heavy atom. The summed E-state index contributed by atoms with van der Waals surface area (Å²) in [7, 11) is 1.55. The lowest BCUT2D eigenvalue weighted by molar-refractivity contribution is -0.136. The average Bonchev–Trinajstić information content (AvgIpc) is 2.60. The number of methoxy groups -OCH3 is 1. The van der Waals surface area contributed by atoms with Crippen molar-refractivity contribution in [2.24, 2.45) is 0 Å². The largest absolute Gasteiger partial charge is 0.492 e. The lowest BCUT2D eigenvalue weighted by Crippen LogP contribution is -2.41. The van der Waals surface area contributed by atoms with Crippen LogP contribution in [-0.4, -0.2) is 25.2 Å². The Morgan fingerprint density at radius 3 is 2.62 bits per heavy atom. The molecule has 1 rings (SSSR count). The zero-order valence-corrected chi connectivity index (χ0v) is 15.1. The van der Waals surface area contributed by atoms with E-state index in [2.05, 4.69) is 18.3 Å². The van der Waals surface area contributed by atoms with Crippen molar-refractivity contribution < 1.29 is 14.3 Å². The highest BCUT2D eigenvalue weighted by Crippen LogP contribution is 2.25. The molecule has 0 aliphatic heterocycles. The fourth-order valence-electron chi connectivity index (χ4n) is 2.32. The Kier molecular flexibility index (Phi) is 8.28. The van der Waals surface area contributed by atoms with Crippen molar-refractivity contribution in [1.29, 1.82) is 5.26 Å². The van der Waals surface area contributed by atoms with E-state index in [-0.39, 0.29) is 5.91 Å². The molecule has 1 aromatic rings. The van der Waals surface area contributed by atoms with Gasteiger partial charge in [-0.15, -0.1) is 0 Å². The molecule has 0 heterocycles. The Balaban J connectivity index is 2.83. The topological polar surface area (TPSA) is 71.3 Å². The molecule has 1 unspecified atom stereocenters. The Labute approximate surface area is 145 Å². The number of anilines is 1. The van der Waals surface area contributed by atoms with E-state index in [9.17, 15) is 10.1 Å². The van der Waals surface area contributed by atoms with E-state index in [1.165, 1.54) is 0 Å². The van der Waals surface area contributed by atoms with Crippen molar-refractivity contribution >= 4 is 11.6 Å². The standard InChI is InChI=1S/C19H28N2O3/c1-5-7-8-11-19(3,23-4)18(22)21-16-9-10-17(24-12-6-2)15(13-16)14-20/h9-10,13H,5-8,11-12H2,1-4H3,(H,21,22). The van der Waals surface area contributed by atoms with Gasteiger partial charge in [0.15, 0.2) is 0 Å². The highest BCUT2D eigenvalue weighted by molar-refractivity contribution is 5.97. The van der Waals surface area contributed by atoms with Crippen molar-refractivity contribution in [2.45, 2.75) is 58.5 Å². The van der Waals surface area contributed by atoms with E-state index >= 15 is 0 Å². The third-order valence-corrected chi connectivity index (χ3v) is 4.01. The molecule has 0 saturated heterocycles. The van der Waals surface area contributed by atoms with E-state index in [4.69, 9.17) is 9.47 Å². The zero-order chi connectivity index (χ0) is 18.0. The number of nitrogens with zero attached hydrogens (tertiary/aromatic N) is 1. The van der Waals surface area contributed by atoms with Crippen LogP contribution in [0.3, 0.4) is 0 Å². The quantitative estimate of drug-likeness (QED) is 0.649. The molecular weight excluding hydrogens is 304 g/mol. The first-order valence-electron chi connectivity index (χ1n) is 8.54. The lowest BCUT2D eigenvalue weighted by Gasteiger charge is -2.27. The van der Waals surface area contributed by atoms with Crippen molar-refractivity contribution in [3.05, 3.63) is 23.8 Å². The molecule has 5 nitrogen and oxygen atoms in total. The van der Waals surface area contributed by atoms with Crippen LogP contribution in [0.1, 0.15) is 58.4 Å². The Hall–Kier alpha value is -2.06. The molecule has 0 aliphatic carbocycles. The van der Waals surface area contributed by atoms with Crippen LogP contribution >= 0.6 is 0 Å². The third-order valence-electron chi connectivity index (χ3n) is 4.01. The Bertz CT molecular complexity index is 580. The van der Waals surface area contributed by atoms with Gasteiger partial charge >= 0.3 is 0 Å². The van der Waals surface area contributed by atoms with Crippen LogP contribution in [-0.2, 0) is 9.53 Å². The smallest absolute Gasteiger partial charge is 0.256 e. The molecule has 1 aromatic carbocycles. The summed E-state index contributed by atoms with van der Waals surface area (Å²) in [5, 5.41) is 12.1. The Morgan fingerprint density at radius 1 is 1.29 bits per heavy atom. The molecule has 5 heteroatoms. The summed E-state index contributed by atoms with van der Waals surface area (Å²) in [6.07, 6.45) is 4.61. The number of ether oxygens (including phenoxy) is 2. The van der Waals surface area contributed by atoms with Crippen molar-refractivity contribution in [1.82, 2.24) is 0 Å². The van der Waals surface area contributed by atoms with Gasteiger partial charge in [-0.2, -0.15) is 5.26 Å². The fraction of sp³-hybridized carbons (Fsp3) is 0.579. The second kappa shape index (κ2) is 9.94. The maximum absolute atomic E-state index is 12.6. The van der Waals surface area contributed by atoms with Gasteiger partial charge in [0.1, 0.15) is 17.4 Å². The van der Waals surface area contributed by atoms with Gasteiger partial charge in [-0.05, 0) is 38.0 Å². The van der Waals surface area contributed by atoms with Crippen molar-refractivity contribution in [3.63, 3.8) is 0 Å². The monoisotopic (exact) mass is 332 g/mol. The number of nitriles is 1. The highest BCUT2D eigenvalue weighted by Gasteiger charge is 2.32. The number of nitrogens with one attached hydrogen (secondary N) is 1. The van der Waals surface area contributed by atoms with Crippen LogP contribution in [0.15, 0.2) is 18.2 Å². The fourth-order valence-corrected chi connectivity index (χ4v) is 2.32. The molecule has 0 aromatic heterocycles. The van der Waals surface area contributed by atoms with E-state index in [0.29, 0.717) is 30.0 Å². The highest BCUT2D eigenvalue weighted by atomic mass is 16.5. The van der Waals surface area contributed by atoms with Gasteiger partial charge in [-0.3, -0.25) is 4.79 Å². The number of hydrogen-bond donors (Lipinski definition) is 1. The summed E-state index contributed by atoms with van der Waals surface area (Å²) in [5.41, 5.74) is 0.102. The zero-order valence-electron chi connectivity index (χ0n) is 15.1.